The van der Waals surface area contributed by atoms with Gasteiger partial charge in [-0.15, -0.1) is 6.58 Å². The zero-order valence-corrected chi connectivity index (χ0v) is 18.0. The summed E-state index contributed by atoms with van der Waals surface area (Å²) in [6.45, 7) is 4.15. The molecule has 1 saturated heterocycles. The Labute approximate surface area is 187 Å². The van der Waals surface area contributed by atoms with Crippen molar-refractivity contribution in [2.24, 2.45) is 4.99 Å². The van der Waals surface area contributed by atoms with Gasteiger partial charge >= 0.3 is 0 Å². The molecule has 1 amide bonds. The number of thioether (sulfide) groups is 1. The predicted octanol–water partition coefficient (Wildman–Crippen LogP) is 6.35. The van der Waals surface area contributed by atoms with Crippen molar-refractivity contribution in [3.63, 3.8) is 0 Å². The van der Waals surface area contributed by atoms with E-state index in [4.69, 9.17) is 4.42 Å². The Balaban J connectivity index is 1.46. The van der Waals surface area contributed by atoms with Gasteiger partial charge in [0.15, 0.2) is 5.17 Å². The molecule has 0 unspecified atom stereocenters. The number of amidine groups is 1. The van der Waals surface area contributed by atoms with Crippen molar-refractivity contribution >= 4 is 55.6 Å². The van der Waals surface area contributed by atoms with E-state index in [2.05, 4.69) is 16.6 Å². The van der Waals surface area contributed by atoms with Crippen LogP contribution in [0.1, 0.15) is 5.76 Å². The molecule has 2 aromatic heterocycles. The van der Waals surface area contributed by atoms with E-state index in [0.717, 1.165) is 21.5 Å². The molecule has 31 heavy (non-hydrogen) atoms. The molecule has 2 aromatic carbocycles. The third-order valence-corrected chi connectivity index (χ3v) is 6.57. The summed E-state index contributed by atoms with van der Waals surface area (Å²) in [5.74, 6) is 1.26. The first-order valence-electron chi connectivity index (χ1n) is 9.63. The predicted molar refractivity (Wildman–Crippen MR) is 128 cm³/mol. The lowest BCUT2D eigenvalue weighted by Crippen LogP contribution is -2.29. The Morgan fingerprint density at radius 3 is 2.68 bits per heavy atom. The van der Waals surface area contributed by atoms with Crippen molar-refractivity contribution in [3.05, 3.63) is 90.1 Å². The van der Waals surface area contributed by atoms with Gasteiger partial charge < -0.3 is 4.42 Å². The fourth-order valence-corrected chi connectivity index (χ4v) is 5.05. The number of carbonyl (C=O) groups is 1. The van der Waals surface area contributed by atoms with E-state index >= 15 is 0 Å². The van der Waals surface area contributed by atoms with Crippen LogP contribution in [0.15, 0.2) is 93.7 Å². The van der Waals surface area contributed by atoms with Crippen LogP contribution in [0.25, 0.3) is 27.6 Å². The average Bonchev–Trinajstić information content (AvgIpc) is 3.49. The summed E-state index contributed by atoms with van der Waals surface area (Å²) in [6.07, 6.45) is 3.45. The lowest BCUT2D eigenvalue weighted by atomic mass is 10.2. The van der Waals surface area contributed by atoms with E-state index < -0.39 is 0 Å². The second-order valence-corrected chi connectivity index (χ2v) is 8.76. The Morgan fingerprint density at radius 1 is 1.06 bits per heavy atom. The lowest BCUT2D eigenvalue weighted by Gasteiger charge is -2.11. The van der Waals surface area contributed by atoms with E-state index in [1.165, 1.54) is 23.1 Å². The smallest absolute Gasteiger partial charge is 0.267 e. The molecule has 0 aliphatic carbocycles. The summed E-state index contributed by atoms with van der Waals surface area (Å²) in [4.78, 5) is 24.4. The molecule has 1 fully saturated rings. The molecular weight excluding hydrogens is 426 g/mol. The third-order valence-electron chi connectivity index (χ3n) is 4.63. The molecule has 1 aliphatic heterocycles. The van der Waals surface area contributed by atoms with E-state index in [-0.39, 0.29) is 5.91 Å². The maximum atomic E-state index is 13.0. The van der Waals surface area contributed by atoms with Gasteiger partial charge in [-0.2, -0.15) is 4.99 Å². The topological polar surface area (TPSA) is 58.7 Å². The van der Waals surface area contributed by atoms with Crippen molar-refractivity contribution in [1.29, 1.82) is 0 Å². The molecule has 0 spiro atoms. The number of thiazole rings is 1. The number of para-hydroxylation sites is 1. The number of aliphatic imine (C=N–C) groups is 1. The lowest BCUT2D eigenvalue weighted by molar-refractivity contribution is -0.121. The van der Waals surface area contributed by atoms with E-state index in [0.29, 0.717) is 27.5 Å². The van der Waals surface area contributed by atoms with Crippen LogP contribution in [-0.2, 0) is 4.79 Å². The highest BCUT2D eigenvalue weighted by atomic mass is 32.2. The number of carbonyl (C=O) groups excluding carboxylic acids is 1. The number of furan rings is 1. The minimum atomic E-state index is -0.123. The molecule has 0 N–H and O–H groups in total. The van der Waals surface area contributed by atoms with Crippen LogP contribution in [0.3, 0.4) is 0 Å². The molecule has 5 nitrogen and oxygen atoms in total. The minimum absolute atomic E-state index is 0.123. The third kappa shape index (κ3) is 3.97. The molecule has 4 aromatic rings. The van der Waals surface area contributed by atoms with Gasteiger partial charge in [0.1, 0.15) is 11.5 Å². The van der Waals surface area contributed by atoms with E-state index in [1.54, 1.807) is 17.1 Å². The van der Waals surface area contributed by atoms with Crippen molar-refractivity contribution < 1.29 is 9.21 Å². The summed E-state index contributed by atoms with van der Waals surface area (Å²) in [5.41, 5.74) is 1.89. The molecule has 152 valence electrons. The molecule has 0 bridgehead atoms. The van der Waals surface area contributed by atoms with Crippen LogP contribution in [-0.4, -0.2) is 27.5 Å². The highest BCUT2D eigenvalue weighted by Crippen LogP contribution is 2.36. The second kappa shape index (κ2) is 8.37. The summed E-state index contributed by atoms with van der Waals surface area (Å²) in [7, 11) is 0. The Bertz CT molecular complexity index is 1300. The number of hydrogen-bond donors (Lipinski definition) is 0. The van der Waals surface area contributed by atoms with E-state index in [1.807, 2.05) is 66.7 Å². The molecular formula is C24H17N3O2S2. The molecule has 3 heterocycles. The number of hydrogen-bond acceptors (Lipinski definition) is 6. The quantitative estimate of drug-likeness (QED) is 0.266. The number of nitrogens with zero attached hydrogens (tertiary/aromatic N) is 3. The highest BCUT2D eigenvalue weighted by Gasteiger charge is 2.33. The Morgan fingerprint density at radius 2 is 1.87 bits per heavy atom. The Kier molecular flexibility index (Phi) is 5.28. The summed E-state index contributed by atoms with van der Waals surface area (Å²) < 4.78 is 7.00. The molecule has 5 rings (SSSR count). The van der Waals surface area contributed by atoms with Crippen LogP contribution in [0, 0.1) is 0 Å². The number of benzene rings is 2. The van der Waals surface area contributed by atoms with Crippen LogP contribution in [0.5, 0.6) is 0 Å². The fourth-order valence-electron chi connectivity index (χ4n) is 3.19. The summed E-state index contributed by atoms with van der Waals surface area (Å²) in [5, 5.41) is 1.21. The largest absolute Gasteiger partial charge is 0.457 e. The molecule has 7 heteroatoms. The van der Waals surface area contributed by atoms with Crippen molar-refractivity contribution in [1.82, 2.24) is 9.88 Å². The van der Waals surface area contributed by atoms with Gasteiger partial charge in [0, 0.05) is 18.2 Å². The molecule has 0 atom stereocenters. The summed E-state index contributed by atoms with van der Waals surface area (Å²) >= 11 is 2.82. The first kappa shape index (κ1) is 19.5. The normalized spacial score (nSPS) is 16.6. The second-order valence-electron chi connectivity index (χ2n) is 6.74. The number of rotatable bonds is 5. The maximum absolute atomic E-state index is 13.0. The molecule has 0 saturated carbocycles. The van der Waals surface area contributed by atoms with Crippen LogP contribution in [0.4, 0.5) is 5.13 Å². The van der Waals surface area contributed by atoms with Gasteiger partial charge in [-0.25, -0.2) is 4.98 Å². The Hall–Kier alpha value is -3.42. The molecule has 1 aliphatic rings. The van der Waals surface area contributed by atoms with Crippen LogP contribution < -0.4 is 0 Å². The van der Waals surface area contributed by atoms with Crippen molar-refractivity contribution in [2.45, 2.75) is 0 Å². The van der Waals surface area contributed by atoms with Crippen molar-refractivity contribution in [3.8, 4) is 11.3 Å². The summed E-state index contributed by atoms with van der Waals surface area (Å²) in [6, 6.07) is 21.5. The standard InChI is InChI=1S/C24H17N3O2S2/c1-2-14-27-22(28)21(15-17-12-13-19(29-17)16-8-4-3-5-9-16)31-24(27)26-23-25-18-10-6-7-11-20(18)30-23/h2-13,15H,1,14H2. The highest BCUT2D eigenvalue weighted by molar-refractivity contribution is 8.18. The van der Waals surface area contributed by atoms with Gasteiger partial charge in [-0.1, -0.05) is 59.9 Å². The maximum Gasteiger partial charge on any atom is 0.267 e. The van der Waals surface area contributed by atoms with Gasteiger partial charge in [-0.05, 0) is 36.0 Å². The van der Waals surface area contributed by atoms with E-state index in [9.17, 15) is 4.79 Å². The first-order chi connectivity index (χ1) is 15.2. The monoisotopic (exact) mass is 443 g/mol. The first-order valence-corrected chi connectivity index (χ1v) is 11.3. The van der Waals surface area contributed by atoms with Crippen molar-refractivity contribution in [2.75, 3.05) is 6.54 Å². The fraction of sp³-hybridized carbons (Fsp3) is 0.0417. The van der Waals surface area contributed by atoms with Gasteiger partial charge in [-0.3, -0.25) is 9.69 Å². The molecule has 0 radical (unpaired) electrons. The zero-order chi connectivity index (χ0) is 21.2. The van der Waals surface area contributed by atoms with Crippen LogP contribution >= 0.6 is 23.1 Å². The number of amides is 1. The number of fused-ring (bicyclic) bond motifs is 1. The van der Waals surface area contributed by atoms with Gasteiger partial charge in [0.05, 0.1) is 15.1 Å². The number of aromatic nitrogens is 1. The minimum Gasteiger partial charge on any atom is -0.457 e. The zero-order valence-electron chi connectivity index (χ0n) is 16.4. The SMILES string of the molecule is C=CCN1C(=O)C(=Cc2ccc(-c3ccccc3)o2)SC1=Nc1nc2ccccc2s1. The van der Waals surface area contributed by atoms with Gasteiger partial charge in [0.25, 0.3) is 5.91 Å². The average molecular weight is 444 g/mol. The van der Waals surface area contributed by atoms with Gasteiger partial charge in [0.2, 0.25) is 5.13 Å². The van der Waals surface area contributed by atoms with Crippen LogP contribution in [0.2, 0.25) is 0 Å².